The van der Waals surface area contributed by atoms with E-state index < -0.39 is 29.0 Å². The van der Waals surface area contributed by atoms with Gasteiger partial charge in [-0.15, -0.1) is 0 Å². The highest BCUT2D eigenvalue weighted by molar-refractivity contribution is 5.81. The summed E-state index contributed by atoms with van der Waals surface area (Å²) in [6, 6.07) is 5.22. The Labute approximate surface area is 158 Å². The molecular formula is C20H15F4N3O. The molecule has 1 heterocycles. The van der Waals surface area contributed by atoms with Gasteiger partial charge in [0, 0.05) is 37.7 Å². The molecule has 8 heteroatoms. The summed E-state index contributed by atoms with van der Waals surface area (Å²) in [5.74, 6) is -1.03. The molecular weight excluding hydrogens is 374 g/mol. The Kier molecular flexibility index (Phi) is 5.27. The Bertz CT molecular complexity index is 1090. The molecule has 0 atom stereocenters. The molecule has 3 aromatic rings. The smallest absolute Gasteiger partial charge is 0.152 e. The highest BCUT2D eigenvalue weighted by atomic mass is 19.1. The van der Waals surface area contributed by atoms with E-state index in [0.29, 0.717) is 23.4 Å². The van der Waals surface area contributed by atoms with E-state index >= 15 is 0 Å². The van der Waals surface area contributed by atoms with Crippen LogP contribution in [0.1, 0.15) is 12.6 Å². The van der Waals surface area contributed by atoms with Gasteiger partial charge in [-0.1, -0.05) is 5.92 Å². The zero-order chi connectivity index (χ0) is 20.4. The first-order valence-electron chi connectivity index (χ1n) is 8.15. The number of benzene rings is 2. The summed E-state index contributed by atoms with van der Waals surface area (Å²) in [6.45, 7) is 3.21. The van der Waals surface area contributed by atoms with Crippen molar-refractivity contribution in [1.29, 1.82) is 0 Å². The number of nitrogens with one attached hydrogen (secondary N) is 1. The molecule has 1 N–H and O–H groups in total. The fraction of sp³-hybridized carbons (Fsp3) is 0.150. The van der Waals surface area contributed by atoms with Gasteiger partial charge < -0.3 is 10.1 Å². The van der Waals surface area contributed by atoms with Crippen LogP contribution in [0.25, 0.3) is 11.1 Å². The maximum absolute atomic E-state index is 14.7. The lowest BCUT2D eigenvalue weighted by atomic mass is 10.0. The highest BCUT2D eigenvalue weighted by Gasteiger charge is 2.21. The minimum absolute atomic E-state index is 0.142. The molecule has 144 valence electrons. The third kappa shape index (κ3) is 3.64. The van der Waals surface area contributed by atoms with E-state index in [0.717, 1.165) is 6.07 Å². The lowest BCUT2D eigenvalue weighted by molar-refractivity contribution is 0.511. The predicted molar refractivity (Wildman–Crippen MR) is 97.0 cm³/mol. The van der Waals surface area contributed by atoms with Crippen LogP contribution in [0.2, 0.25) is 0 Å². The van der Waals surface area contributed by atoms with Crippen LogP contribution in [-0.4, -0.2) is 9.78 Å². The van der Waals surface area contributed by atoms with Gasteiger partial charge in [0.05, 0.1) is 11.3 Å². The van der Waals surface area contributed by atoms with Crippen LogP contribution in [0.5, 0.6) is 5.75 Å². The summed E-state index contributed by atoms with van der Waals surface area (Å²) >= 11 is 0. The molecule has 1 aromatic heterocycles. The van der Waals surface area contributed by atoms with Crippen molar-refractivity contribution in [3.63, 3.8) is 0 Å². The first-order valence-corrected chi connectivity index (χ1v) is 8.15. The van der Waals surface area contributed by atoms with Gasteiger partial charge in [-0.05, 0) is 19.1 Å². The molecule has 0 saturated heterocycles. The third-order valence-corrected chi connectivity index (χ3v) is 3.95. The van der Waals surface area contributed by atoms with E-state index in [9.17, 15) is 17.6 Å². The summed E-state index contributed by atoms with van der Waals surface area (Å²) < 4.78 is 62.3. The minimum Gasteiger partial charge on any atom is -0.407 e. The Balaban J connectivity index is 2.08. The fourth-order valence-electron chi connectivity index (χ4n) is 2.78. The van der Waals surface area contributed by atoms with Crippen molar-refractivity contribution in [2.45, 2.75) is 13.8 Å². The Hall–Kier alpha value is -3.47. The number of nitrogens with zero attached hydrogens (tertiary/aromatic N) is 2. The van der Waals surface area contributed by atoms with Crippen LogP contribution < -0.4 is 10.1 Å². The molecule has 2 aromatic carbocycles. The number of halogens is 4. The first-order chi connectivity index (χ1) is 13.3. The number of ether oxygens (including phenoxy) is 1. The van der Waals surface area contributed by atoms with Crippen LogP contribution in [0.4, 0.5) is 29.1 Å². The largest absolute Gasteiger partial charge is 0.407 e. The van der Waals surface area contributed by atoms with Gasteiger partial charge in [-0.2, -0.15) is 5.10 Å². The number of aryl methyl sites for hydroxylation is 2. The molecule has 0 aliphatic heterocycles. The monoisotopic (exact) mass is 389 g/mol. The lowest BCUT2D eigenvalue weighted by Crippen LogP contribution is -2.04. The lowest BCUT2D eigenvalue weighted by Gasteiger charge is -2.13. The van der Waals surface area contributed by atoms with Crippen molar-refractivity contribution >= 4 is 11.5 Å². The zero-order valence-corrected chi connectivity index (χ0v) is 15.2. The molecule has 28 heavy (non-hydrogen) atoms. The van der Waals surface area contributed by atoms with Crippen molar-refractivity contribution in [2.75, 3.05) is 5.32 Å². The summed E-state index contributed by atoms with van der Waals surface area (Å²) in [4.78, 5) is 0. The molecule has 0 amide bonds. The molecule has 0 bridgehead atoms. The summed E-state index contributed by atoms with van der Waals surface area (Å²) in [5, 5.41) is 6.75. The van der Waals surface area contributed by atoms with E-state index in [-0.39, 0.29) is 17.1 Å². The van der Waals surface area contributed by atoms with Gasteiger partial charge >= 0.3 is 0 Å². The number of aromatic nitrogens is 2. The van der Waals surface area contributed by atoms with Crippen molar-refractivity contribution < 1.29 is 22.3 Å². The van der Waals surface area contributed by atoms with Crippen LogP contribution in [-0.2, 0) is 7.05 Å². The standard InChI is InChI=1S/C20H15F4N3O/c1-4-7-28-13-5-6-14(15(22)10-13)18-11(2)26-27(3)20(18)25-19-16(23)8-12(21)9-17(19)24/h5-6,8-10,25H,1-3H3. The number of rotatable bonds is 4. The highest BCUT2D eigenvalue weighted by Crippen LogP contribution is 2.37. The second kappa shape index (κ2) is 7.64. The second-order valence-electron chi connectivity index (χ2n) is 5.90. The van der Waals surface area contributed by atoms with Crippen LogP contribution >= 0.6 is 0 Å². The van der Waals surface area contributed by atoms with Gasteiger partial charge in [0.15, 0.2) is 11.6 Å². The van der Waals surface area contributed by atoms with E-state index in [1.807, 2.05) is 0 Å². The average molecular weight is 389 g/mol. The van der Waals surface area contributed by atoms with Crippen LogP contribution in [0, 0.1) is 42.2 Å². The van der Waals surface area contributed by atoms with Crippen LogP contribution in [0.3, 0.4) is 0 Å². The first kappa shape index (κ1) is 19.3. The molecule has 0 spiro atoms. The predicted octanol–water partition coefficient (Wildman–Crippen LogP) is 5.06. The molecule has 0 aliphatic carbocycles. The maximum Gasteiger partial charge on any atom is 0.152 e. The van der Waals surface area contributed by atoms with Crippen molar-refractivity contribution in [3.8, 4) is 28.9 Å². The molecule has 4 nitrogen and oxygen atoms in total. The van der Waals surface area contributed by atoms with E-state index in [4.69, 9.17) is 4.74 Å². The summed E-state index contributed by atoms with van der Waals surface area (Å²) in [6.07, 6.45) is 2.37. The molecule has 0 aliphatic rings. The van der Waals surface area contributed by atoms with Gasteiger partial charge in [0.25, 0.3) is 0 Å². The maximum atomic E-state index is 14.7. The quantitative estimate of drug-likeness (QED) is 0.501. The number of anilines is 2. The topological polar surface area (TPSA) is 39.1 Å². The summed E-state index contributed by atoms with van der Waals surface area (Å²) in [7, 11) is 1.53. The van der Waals surface area contributed by atoms with Crippen LogP contribution in [0.15, 0.2) is 30.3 Å². The minimum atomic E-state index is -1.12. The van der Waals surface area contributed by atoms with Gasteiger partial charge in [0.1, 0.15) is 35.0 Å². The average Bonchev–Trinajstić information content (AvgIpc) is 2.89. The van der Waals surface area contributed by atoms with Crippen molar-refractivity contribution in [3.05, 3.63) is 59.3 Å². The second-order valence-corrected chi connectivity index (χ2v) is 5.90. The number of hydrogen-bond donors (Lipinski definition) is 1. The normalized spacial score (nSPS) is 10.4. The Morgan fingerprint density at radius 1 is 1.04 bits per heavy atom. The van der Waals surface area contributed by atoms with Gasteiger partial charge in [-0.3, -0.25) is 4.68 Å². The molecule has 0 saturated carbocycles. The van der Waals surface area contributed by atoms with E-state index in [2.05, 4.69) is 22.4 Å². The molecule has 0 fully saturated rings. The Morgan fingerprint density at radius 3 is 2.32 bits per heavy atom. The molecule has 0 unspecified atom stereocenters. The molecule has 3 rings (SSSR count). The van der Waals surface area contributed by atoms with E-state index in [1.165, 1.54) is 23.9 Å². The third-order valence-electron chi connectivity index (χ3n) is 3.95. The van der Waals surface area contributed by atoms with Gasteiger partial charge in [-0.25, -0.2) is 17.6 Å². The number of hydrogen-bond acceptors (Lipinski definition) is 3. The fourth-order valence-corrected chi connectivity index (χ4v) is 2.78. The zero-order valence-electron chi connectivity index (χ0n) is 15.2. The van der Waals surface area contributed by atoms with Crippen molar-refractivity contribution in [1.82, 2.24) is 9.78 Å². The molecule has 0 radical (unpaired) electrons. The summed E-state index contributed by atoms with van der Waals surface area (Å²) in [5.41, 5.74) is 0.308. The van der Waals surface area contributed by atoms with Crippen molar-refractivity contribution in [2.24, 2.45) is 7.05 Å². The SMILES string of the molecule is CC#COc1ccc(-c2c(C)nn(C)c2Nc2c(F)cc(F)cc2F)c(F)c1. The van der Waals surface area contributed by atoms with E-state index in [1.54, 1.807) is 13.8 Å². The van der Waals surface area contributed by atoms with Gasteiger partial charge in [0.2, 0.25) is 0 Å². The Morgan fingerprint density at radius 2 is 1.71 bits per heavy atom.